The molecular weight excluding hydrogens is 532 g/mol. The molecule has 2 aromatic carbocycles. The van der Waals surface area contributed by atoms with Crippen molar-refractivity contribution < 1.29 is 64.3 Å². The molecule has 1 heterocycles. The first-order chi connectivity index (χ1) is 18.9. The Balaban J connectivity index is 1.77. The lowest BCUT2D eigenvalue weighted by Gasteiger charge is -2.44. The van der Waals surface area contributed by atoms with Crippen molar-refractivity contribution in [2.75, 3.05) is 13.7 Å². The van der Waals surface area contributed by atoms with Crippen molar-refractivity contribution in [1.29, 1.82) is 0 Å². The Morgan fingerprint density at radius 1 is 1.02 bits per heavy atom. The van der Waals surface area contributed by atoms with Crippen LogP contribution in [0, 0.1) is 0 Å². The van der Waals surface area contributed by atoms with Gasteiger partial charge in [-0.2, -0.15) is 0 Å². The summed E-state index contributed by atoms with van der Waals surface area (Å²) in [5.74, 6) is -6.86. The maximum atomic E-state index is 13.5. The Kier molecular flexibility index (Phi) is 6.85. The number of phenolic OH excluding ortho intramolecular Hbond substituents is 3. The van der Waals surface area contributed by atoms with Crippen LogP contribution in [-0.2, 0) is 19.0 Å². The van der Waals surface area contributed by atoms with E-state index in [2.05, 4.69) is 0 Å². The van der Waals surface area contributed by atoms with Crippen LogP contribution < -0.4 is 0 Å². The zero-order chi connectivity index (χ0) is 29.3. The van der Waals surface area contributed by atoms with E-state index in [1.807, 2.05) is 0 Å². The Hall–Kier alpha value is -3.59. The van der Waals surface area contributed by atoms with E-state index < -0.39 is 112 Å². The van der Waals surface area contributed by atoms with Gasteiger partial charge in [-0.3, -0.25) is 14.4 Å². The predicted octanol–water partition coefficient (Wildman–Crippen LogP) is -0.123. The van der Waals surface area contributed by atoms with Crippen LogP contribution in [0.1, 0.15) is 74.8 Å². The van der Waals surface area contributed by atoms with Crippen LogP contribution in [0.2, 0.25) is 0 Å². The Morgan fingerprint density at radius 3 is 2.27 bits per heavy atom. The van der Waals surface area contributed by atoms with Crippen molar-refractivity contribution in [2.24, 2.45) is 0 Å². The van der Waals surface area contributed by atoms with E-state index in [1.54, 1.807) is 0 Å². The average Bonchev–Trinajstić information content (AvgIpc) is 3.20. The molecule has 1 aliphatic heterocycles. The SMILES string of the molecule is CC[C@@]1(O)C[C@H](O[C@@H]2O[C@H](CO)[C@H](O)[C@H]2O)c2c(O)c3c(c(O)c2[C@H]1C(=O)OC)C(=O)c1cccc(O)c1C3=O. The van der Waals surface area contributed by atoms with E-state index in [4.69, 9.17) is 14.2 Å². The third-order valence-electron chi connectivity index (χ3n) is 8.03. The highest BCUT2D eigenvalue weighted by atomic mass is 16.7. The molecule has 1 saturated heterocycles. The molecule has 0 saturated carbocycles. The molecule has 0 spiro atoms. The summed E-state index contributed by atoms with van der Waals surface area (Å²) in [6.07, 6.45) is -8.07. The largest absolute Gasteiger partial charge is 0.507 e. The fourth-order valence-corrected chi connectivity index (χ4v) is 5.92. The fourth-order valence-electron chi connectivity index (χ4n) is 5.92. The monoisotopic (exact) mass is 560 g/mol. The summed E-state index contributed by atoms with van der Waals surface area (Å²) in [4.78, 5) is 40.1. The maximum Gasteiger partial charge on any atom is 0.316 e. The minimum absolute atomic E-state index is 0.108. The summed E-state index contributed by atoms with van der Waals surface area (Å²) < 4.78 is 16.1. The normalized spacial score (nSPS) is 30.9. The molecule has 0 unspecified atom stereocenters. The summed E-state index contributed by atoms with van der Waals surface area (Å²) in [6, 6.07) is 3.74. The third-order valence-corrected chi connectivity index (χ3v) is 8.03. The van der Waals surface area contributed by atoms with Gasteiger partial charge in [0.25, 0.3) is 0 Å². The number of fused-ring (bicyclic) bond motifs is 3. The second-order valence-corrected chi connectivity index (χ2v) is 10.1. The second-order valence-electron chi connectivity index (χ2n) is 10.1. The van der Waals surface area contributed by atoms with Gasteiger partial charge in [-0.25, -0.2) is 0 Å². The van der Waals surface area contributed by atoms with E-state index in [1.165, 1.54) is 25.1 Å². The van der Waals surface area contributed by atoms with Crippen molar-refractivity contribution in [3.63, 3.8) is 0 Å². The van der Waals surface area contributed by atoms with Gasteiger partial charge in [0.05, 0.1) is 42.1 Å². The smallest absolute Gasteiger partial charge is 0.316 e. The molecule has 2 aliphatic carbocycles. The number of hydrogen-bond donors (Lipinski definition) is 7. The van der Waals surface area contributed by atoms with E-state index in [0.29, 0.717) is 0 Å². The molecule has 214 valence electrons. The zero-order valence-corrected chi connectivity index (χ0v) is 21.4. The molecule has 13 nitrogen and oxygen atoms in total. The molecule has 3 aliphatic rings. The standard InChI is InChI=1S/C27H28O13/c1-3-27(37)7-11(39-26-24(35)20(31)12(8-28)40-26)14-15(18(27)25(36)38-2)23(34)16-17(22(14)33)21(32)13-9(19(16)30)5-4-6-10(13)29/h4-6,11-12,18,20,24,26,28-29,31,33-35,37H,3,7-8H2,1-2H3/t11-,12+,18-,20-,24+,26+,27+/m0/s1. The highest BCUT2D eigenvalue weighted by molar-refractivity contribution is 6.31. The first-order valence-corrected chi connectivity index (χ1v) is 12.5. The molecule has 0 amide bonds. The minimum Gasteiger partial charge on any atom is -0.507 e. The molecule has 0 bridgehead atoms. The number of aliphatic hydroxyl groups is 4. The quantitative estimate of drug-likeness (QED) is 0.160. The Bertz CT molecular complexity index is 1420. The van der Waals surface area contributed by atoms with Crippen LogP contribution in [0.15, 0.2) is 18.2 Å². The summed E-state index contributed by atoms with van der Waals surface area (Å²) >= 11 is 0. The van der Waals surface area contributed by atoms with Gasteiger partial charge in [-0.15, -0.1) is 0 Å². The van der Waals surface area contributed by atoms with Gasteiger partial charge in [-0.1, -0.05) is 19.1 Å². The molecule has 40 heavy (non-hydrogen) atoms. The van der Waals surface area contributed by atoms with Crippen LogP contribution >= 0.6 is 0 Å². The van der Waals surface area contributed by atoms with Crippen molar-refractivity contribution in [2.45, 2.75) is 62.0 Å². The summed E-state index contributed by atoms with van der Waals surface area (Å²) in [5.41, 5.74) is -4.72. The first kappa shape index (κ1) is 28.0. The van der Waals surface area contributed by atoms with E-state index in [0.717, 1.165) is 7.11 Å². The number of methoxy groups -OCH3 is 1. The van der Waals surface area contributed by atoms with E-state index >= 15 is 0 Å². The number of phenols is 3. The van der Waals surface area contributed by atoms with Gasteiger partial charge in [0.2, 0.25) is 5.78 Å². The van der Waals surface area contributed by atoms with Gasteiger partial charge in [0.1, 0.15) is 41.5 Å². The van der Waals surface area contributed by atoms with E-state index in [9.17, 15) is 50.1 Å². The number of carbonyl (C=O) groups is 3. The highest BCUT2D eigenvalue weighted by Gasteiger charge is 2.55. The zero-order valence-electron chi connectivity index (χ0n) is 21.4. The van der Waals surface area contributed by atoms with Gasteiger partial charge >= 0.3 is 5.97 Å². The third kappa shape index (κ3) is 3.81. The number of ether oxygens (including phenoxy) is 3. The maximum absolute atomic E-state index is 13.5. The van der Waals surface area contributed by atoms with Crippen molar-refractivity contribution in [3.05, 3.63) is 51.6 Å². The Morgan fingerprint density at radius 2 is 1.68 bits per heavy atom. The molecule has 2 aromatic rings. The number of esters is 1. The lowest BCUT2D eigenvalue weighted by atomic mass is 9.66. The molecule has 7 atom stereocenters. The molecular formula is C27H28O13. The number of aliphatic hydroxyl groups excluding tert-OH is 3. The summed E-state index contributed by atoms with van der Waals surface area (Å²) in [7, 11) is 1.04. The lowest BCUT2D eigenvalue weighted by Crippen LogP contribution is -2.47. The molecule has 0 radical (unpaired) electrons. The number of ketones is 2. The van der Waals surface area contributed by atoms with Crippen LogP contribution in [0.5, 0.6) is 17.2 Å². The number of hydrogen-bond acceptors (Lipinski definition) is 13. The van der Waals surface area contributed by atoms with Crippen molar-refractivity contribution in [3.8, 4) is 17.2 Å². The van der Waals surface area contributed by atoms with Crippen LogP contribution in [0.25, 0.3) is 0 Å². The molecule has 1 fully saturated rings. The fraction of sp³-hybridized carbons (Fsp3) is 0.444. The van der Waals surface area contributed by atoms with Gasteiger partial charge in [0, 0.05) is 23.1 Å². The number of benzene rings is 2. The molecule has 5 rings (SSSR count). The lowest BCUT2D eigenvalue weighted by molar-refractivity contribution is -0.211. The second kappa shape index (κ2) is 9.80. The topological polar surface area (TPSA) is 221 Å². The van der Waals surface area contributed by atoms with Gasteiger partial charge in [-0.05, 0) is 12.5 Å². The first-order valence-electron chi connectivity index (χ1n) is 12.5. The molecule has 13 heteroatoms. The molecule has 0 aromatic heterocycles. The summed E-state index contributed by atoms with van der Waals surface area (Å²) in [6.45, 7) is 0.870. The van der Waals surface area contributed by atoms with Crippen LogP contribution in [0.4, 0.5) is 0 Å². The van der Waals surface area contributed by atoms with Crippen molar-refractivity contribution in [1.82, 2.24) is 0 Å². The number of aromatic hydroxyl groups is 3. The summed E-state index contributed by atoms with van der Waals surface area (Å²) in [5, 5.41) is 75.0. The van der Waals surface area contributed by atoms with Gasteiger partial charge in [0.15, 0.2) is 12.1 Å². The Labute approximate surface area is 226 Å². The number of carbonyl (C=O) groups excluding carboxylic acids is 3. The molecule has 7 N–H and O–H groups in total. The van der Waals surface area contributed by atoms with Crippen molar-refractivity contribution >= 4 is 17.5 Å². The van der Waals surface area contributed by atoms with Crippen LogP contribution in [-0.4, -0.2) is 97.2 Å². The van der Waals surface area contributed by atoms with E-state index in [-0.39, 0.29) is 17.5 Å². The van der Waals surface area contributed by atoms with Crippen LogP contribution in [0.3, 0.4) is 0 Å². The predicted molar refractivity (Wildman–Crippen MR) is 131 cm³/mol. The minimum atomic E-state index is -1.99. The number of rotatable bonds is 5. The average molecular weight is 561 g/mol. The highest BCUT2D eigenvalue weighted by Crippen LogP contribution is 2.57. The van der Waals surface area contributed by atoms with Gasteiger partial charge < -0.3 is 50.0 Å².